The molecule has 1 aromatic heterocycles. The van der Waals surface area contributed by atoms with Gasteiger partial charge in [0.1, 0.15) is 36.1 Å². The summed E-state index contributed by atoms with van der Waals surface area (Å²) in [4.78, 5) is 59.8. The highest BCUT2D eigenvalue weighted by Gasteiger charge is 2.64. The monoisotopic (exact) mass is 680 g/mol. The highest BCUT2D eigenvalue weighted by Crippen LogP contribution is 2.56. The SMILES string of the molecule is O=C1N[C@H](Cc2ccc(O)cc2)C(=O)N[C@H]1Cc1c[nH]c2c([C@]34C[C@H]5C(=O)N[C@H](Cc6ccccc6)C(=O)N5[C@H]3Nc3ccccc34)cccc12. The number of phenolic OH excluding ortho intramolecular Hbond substituents is 1. The zero-order chi connectivity index (χ0) is 34.9. The molecule has 6 atom stereocenters. The Hall–Kier alpha value is -6.10. The summed E-state index contributed by atoms with van der Waals surface area (Å²) < 4.78 is 0. The van der Waals surface area contributed by atoms with Crippen molar-refractivity contribution in [2.45, 2.75) is 61.4 Å². The van der Waals surface area contributed by atoms with Gasteiger partial charge in [0.05, 0.1) is 5.41 Å². The number of rotatable bonds is 7. The van der Waals surface area contributed by atoms with E-state index in [4.69, 9.17) is 0 Å². The van der Waals surface area contributed by atoms with E-state index in [0.29, 0.717) is 19.3 Å². The molecule has 51 heavy (non-hydrogen) atoms. The van der Waals surface area contributed by atoms with Crippen molar-refractivity contribution in [2.24, 2.45) is 0 Å². The average molecular weight is 681 g/mol. The summed E-state index contributed by atoms with van der Waals surface area (Å²) in [5.41, 5.74) is 5.68. The molecule has 3 fully saturated rings. The van der Waals surface area contributed by atoms with Gasteiger partial charge in [-0.1, -0.05) is 78.9 Å². The zero-order valence-corrected chi connectivity index (χ0v) is 27.6. The van der Waals surface area contributed by atoms with E-state index in [1.807, 2.05) is 66.9 Å². The summed E-state index contributed by atoms with van der Waals surface area (Å²) >= 11 is 0. The number of nitrogens with one attached hydrogen (secondary N) is 5. The minimum Gasteiger partial charge on any atom is -0.508 e. The molecular weight excluding hydrogens is 644 g/mol. The summed E-state index contributed by atoms with van der Waals surface area (Å²) in [6.07, 6.45) is 2.77. The van der Waals surface area contributed by atoms with Crippen LogP contribution in [0.2, 0.25) is 0 Å². The Bertz CT molecular complexity index is 2220. The molecule has 5 heterocycles. The molecule has 9 rings (SSSR count). The second-order valence-electron chi connectivity index (χ2n) is 14.0. The smallest absolute Gasteiger partial charge is 0.247 e. The van der Waals surface area contributed by atoms with Crippen LogP contribution in [0.1, 0.15) is 34.2 Å². The minimum atomic E-state index is -0.765. The molecule has 11 heteroatoms. The van der Waals surface area contributed by atoms with E-state index in [0.717, 1.165) is 44.4 Å². The van der Waals surface area contributed by atoms with Crippen LogP contribution >= 0.6 is 0 Å². The molecule has 0 bridgehead atoms. The van der Waals surface area contributed by atoms with E-state index in [1.54, 1.807) is 29.2 Å². The Balaban J connectivity index is 1.03. The maximum absolute atomic E-state index is 14.3. The normalized spacial score (nSPS) is 26.5. The Morgan fingerprint density at radius 1 is 0.647 bits per heavy atom. The number of aromatic hydroxyl groups is 1. The standard InChI is InChI=1S/C40H36N6O5/c47-25-15-13-23(14-16-25)17-30-35(48)43-31(36(49)42-30)19-24-21-41-34-26(24)9-6-11-28(34)40-20-33-37(50)44-32(18-22-7-2-1-3-8-22)38(51)46(33)39(40)45-29-12-5-4-10-27(29)40/h1-16,21,30-33,39,41,45,47H,17-20H2,(H,42,49)(H,43,48)(H,44,50)/t30-,31+,32-,33+,39-,40-/m1/s1. The molecule has 0 spiro atoms. The Morgan fingerprint density at radius 3 is 2.08 bits per heavy atom. The number of hydrogen-bond acceptors (Lipinski definition) is 6. The minimum absolute atomic E-state index is 0.113. The van der Waals surface area contributed by atoms with E-state index >= 15 is 0 Å². The third-order valence-corrected chi connectivity index (χ3v) is 11.1. The molecule has 0 aliphatic carbocycles. The van der Waals surface area contributed by atoms with Gasteiger partial charge >= 0.3 is 0 Å². The number of aromatic nitrogens is 1. The first kappa shape index (κ1) is 30.9. The molecule has 0 unspecified atom stereocenters. The average Bonchev–Trinajstić information content (AvgIpc) is 3.80. The van der Waals surface area contributed by atoms with Gasteiger partial charge in [-0.25, -0.2) is 0 Å². The lowest BCUT2D eigenvalue weighted by molar-refractivity contribution is -0.148. The van der Waals surface area contributed by atoms with Crippen molar-refractivity contribution < 1.29 is 24.3 Å². The maximum Gasteiger partial charge on any atom is 0.247 e. The van der Waals surface area contributed by atoms with E-state index in [2.05, 4.69) is 38.4 Å². The van der Waals surface area contributed by atoms with Crippen LogP contribution in [-0.2, 0) is 43.9 Å². The Kier molecular flexibility index (Phi) is 7.13. The largest absolute Gasteiger partial charge is 0.508 e. The van der Waals surface area contributed by atoms with E-state index < -0.39 is 35.7 Å². The second kappa shape index (κ2) is 11.8. The van der Waals surface area contributed by atoms with Gasteiger partial charge in [0.15, 0.2) is 0 Å². The summed E-state index contributed by atoms with van der Waals surface area (Å²) in [6, 6.07) is 27.6. The third kappa shape index (κ3) is 4.94. The van der Waals surface area contributed by atoms with Crippen molar-refractivity contribution in [3.05, 3.63) is 131 Å². The van der Waals surface area contributed by atoms with E-state index in [1.165, 1.54) is 0 Å². The summed E-state index contributed by atoms with van der Waals surface area (Å²) in [6.45, 7) is 0. The quantitative estimate of drug-likeness (QED) is 0.155. The van der Waals surface area contributed by atoms with Gasteiger partial charge < -0.3 is 36.3 Å². The second-order valence-corrected chi connectivity index (χ2v) is 14.0. The predicted octanol–water partition coefficient (Wildman–Crippen LogP) is 3.02. The van der Waals surface area contributed by atoms with E-state index in [9.17, 15) is 24.3 Å². The number of amides is 4. The van der Waals surface area contributed by atoms with Crippen LogP contribution in [0, 0.1) is 0 Å². The van der Waals surface area contributed by atoms with E-state index in [-0.39, 0.29) is 35.8 Å². The first-order valence-electron chi connectivity index (χ1n) is 17.3. The maximum atomic E-state index is 14.3. The van der Waals surface area contributed by atoms with Gasteiger partial charge in [0, 0.05) is 42.0 Å². The van der Waals surface area contributed by atoms with Crippen LogP contribution in [0.5, 0.6) is 5.75 Å². The first-order chi connectivity index (χ1) is 24.8. The fraction of sp³-hybridized carbons (Fsp3) is 0.250. The molecule has 256 valence electrons. The fourth-order valence-corrected chi connectivity index (χ4v) is 8.73. The highest BCUT2D eigenvalue weighted by atomic mass is 16.3. The molecule has 0 radical (unpaired) electrons. The van der Waals surface area contributed by atoms with Crippen LogP contribution in [0.3, 0.4) is 0 Å². The van der Waals surface area contributed by atoms with Gasteiger partial charge in [-0.2, -0.15) is 0 Å². The lowest BCUT2D eigenvalue weighted by Gasteiger charge is -2.38. The van der Waals surface area contributed by atoms with Gasteiger partial charge in [-0.15, -0.1) is 0 Å². The molecular formula is C40H36N6O5. The molecule has 5 aromatic rings. The number of nitrogens with zero attached hydrogens (tertiary/aromatic N) is 1. The van der Waals surface area contributed by atoms with Crippen molar-refractivity contribution in [2.75, 3.05) is 5.32 Å². The number of phenols is 1. The van der Waals surface area contributed by atoms with Crippen LogP contribution < -0.4 is 21.3 Å². The Labute approximate surface area is 293 Å². The number of anilines is 1. The van der Waals surface area contributed by atoms with Crippen LogP contribution in [0.15, 0.2) is 103 Å². The van der Waals surface area contributed by atoms with Crippen molar-refractivity contribution in [1.29, 1.82) is 0 Å². The number of fused-ring (bicyclic) bond motifs is 6. The molecule has 4 aliphatic rings. The number of piperazine rings is 2. The number of hydrogen-bond donors (Lipinski definition) is 6. The van der Waals surface area contributed by atoms with Crippen molar-refractivity contribution >= 4 is 40.2 Å². The van der Waals surface area contributed by atoms with Gasteiger partial charge in [-0.3, -0.25) is 19.2 Å². The van der Waals surface area contributed by atoms with Gasteiger partial charge in [-0.05, 0) is 52.4 Å². The molecule has 0 saturated carbocycles. The summed E-state index contributed by atoms with van der Waals surface area (Å²) in [7, 11) is 0. The van der Waals surface area contributed by atoms with Gasteiger partial charge in [0.2, 0.25) is 23.6 Å². The highest BCUT2D eigenvalue weighted by molar-refractivity contribution is 6.01. The third-order valence-electron chi connectivity index (χ3n) is 11.1. The van der Waals surface area contributed by atoms with Crippen LogP contribution in [0.4, 0.5) is 5.69 Å². The van der Waals surface area contributed by atoms with Crippen LogP contribution in [0.25, 0.3) is 10.9 Å². The zero-order valence-electron chi connectivity index (χ0n) is 27.6. The molecule has 11 nitrogen and oxygen atoms in total. The number of para-hydroxylation sites is 2. The summed E-state index contributed by atoms with van der Waals surface area (Å²) in [5, 5.41) is 23.0. The first-order valence-corrected chi connectivity index (χ1v) is 17.3. The number of carbonyl (C=O) groups is 4. The Morgan fingerprint density at radius 2 is 1.29 bits per heavy atom. The molecule has 3 saturated heterocycles. The van der Waals surface area contributed by atoms with Crippen LogP contribution in [-0.4, -0.2) is 69.0 Å². The number of carbonyl (C=O) groups excluding carboxylic acids is 4. The molecule has 4 aromatic carbocycles. The number of benzene rings is 4. The fourth-order valence-electron chi connectivity index (χ4n) is 8.73. The van der Waals surface area contributed by atoms with Gasteiger partial charge in [0.25, 0.3) is 0 Å². The van der Waals surface area contributed by atoms with Crippen molar-refractivity contribution in [3.63, 3.8) is 0 Å². The van der Waals surface area contributed by atoms with Crippen molar-refractivity contribution in [1.82, 2.24) is 25.8 Å². The lowest BCUT2D eigenvalue weighted by atomic mass is 9.71. The molecule has 6 N–H and O–H groups in total. The predicted molar refractivity (Wildman–Crippen MR) is 190 cm³/mol. The summed E-state index contributed by atoms with van der Waals surface area (Å²) in [5.74, 6) is -0.668. The van der Waals surface area contributed by atoms with Crippen molar-refractivity contribution in [3.8, 4) is 5.75 Å². The number of H-pyrrole nitrogens is 1. The topological polar surface area (TPSA) is 156 Å². The molecule has 4 amide bonds. The molecule has 4 aliphatic heterocycles. The lowest BCUT2D eigenvalue weighted by Crippen LogP contribution is -2.64. The number of aromatic amines is 1.